The van der Waals surface area contributed by atoms with Gasteiger partial charge in [0, 0.05) is 11.7 Å². The van der Waals surface area contributed by atoms with Crippen molar-refractivity contribution in [2.24, 2.45) is 0 Å². The lowest BCUT2D eigenvalue weighted by atomic mass is 9.96. The molecule has 2 rings (SSSR count). The summed E-state index contributed by atoms with van der Waals surface area (Å²) in [5.41, 5.74) is 4.12. The second kappa shape index (κ2) is 11.1. The molecule has 2 aromatic carbocycles. The first-order valence-corrected chi connectivity index (χ1v) is 11.5. The third-order valence-corrected chi connectivity index (χ3v) is 5.44. The molecule has 2 atom stereocenters. The molecule has 7 heteroatoms. The Kier molecular flexibility index (Phi) is 8.70. The standard InChI is InChI=1S/C28H35N3O4/c1-10-31(26(33)21(6)29-27(34)35-28(7,8)9)24(22-15-14-17(2)16-20(22)5)25(32)30-23-18(3)12-11-13-19(23)4/h1,11-16,21,24H,2-9H3,(H,29,34)(H,30,32). The van der Waals surface area contributed by atoms with E-state index in [-0.39, 0.29) is 0 Å². The number of carbonyl (C=O) groups is 3. The number of hydrogen-bond donors (Lipinski definition) is 2. The van der Waals surface area contributed by atoms with E-state index >= 15 is 0 Å². The number of alkyl carbamates (subject to hydrolysis) is 1. The minimum Gasteiger partial charge on any atom is -0.444 e. The average molecular weight is 478 g/mol. The average Bonchev–Trinajstić information content (AvgIpc) is 2.73. The van der Waals surface area contributed by atoms with Crippen LogP contribution in [0.3, 0.4) is 0 Å². The van der Waals surface area contributed by atoms with Crippen molar-refractivity contribution in [2.45, 2.75) is 73.1 Å². The molecule has 0 aromatic heterocycles. The number of nitrogens with one attached hydrogen (secondary N) is 2. The van der Waals surface area contributed by atoms with Crippen LogP contribution >= 0.6 is 0 Å². The van der Waals surface area contributed by atoms with E-state index in [0.29, 0.717) is 11.3 Å². The molecule has 0 spiro atoms. The van der Waals surface area contributed by atoms with Crippen molar-refractivity contribution < 1.29 is 19.1 Å². The van der Waals surface area contributed by atoms with Gasteiger partial charge in [-0.2, -0.15) is 0 Å². The van der Waals surface area contributed by atoms with Crippen molar-refractivity contribution in [2.75, 3.05) is 5.32 Å². The summed E-state index contributed by atoms with van der Waals surface area (Å²) in [5, 5.41) is 5.47. The number of carbonyl (C=O) groups excluding carboxylic acids is 3. The molecular weight excluding hydrogens is 442 g/mol. The largest absolute Gasteiger partial charge is 0.444 e. The highest BCUT2D eigenvalue weighted by Gasteiger charge is 2.35. The molecule has 186 valence electrons. The summed E-state index contributed by atoms with van der Waals surface area (Å²) in [5.74, 6) is -1.06. The van der Waals surface area contributed by atoms with E-state index in [0.717, 1.165) is 27.2 Å². The van der Waals surface area contributed by atoms with Crippen LogP contribution in [0.15, 0.2) is 36.4 Å². The second-order valence-electron chi connectivity index (χ2n) is 9.72. The summed E-state index contributed by atoms with van der Waals surface area (Å²) in [6, 6.07) is 11.5. The Morgan fingerprint density at radius 3 is 2.11 bits per heavy atom. The fourth-order valence-corrected chi connectivity index (χ4v) is 3.75. The normalized spacial score (nSPS) is 12.7. The van der Waals surface area contributed by atoms with Gasteiger partial charge >= 0.3 is 6.09 Å². The van der Waals surface area contributed by atoms with Gasteiger partial charge in [-0.15, -0.1) is 0 Å². The van der Waals surface area contributed by atoms with E-state index in [1.165, 1.54) is 6.92 Å². The monoisotopic (exact) mass is 477 g/mol. The van der Waals surface area contributed by atoms with Crippen LogP contribution < -0.4 is 10.6 Å². The van der Waals surface area contributed by atoms with Gasteiger partial charge in [0.1, 0.15) is 17.7 Å². The Morgan fingerprint density at radius 2 is 1.60 bits per heavy atom. The van der Waals surface area contributed by atoms with Crippen LogP contribution in [0.25, 0.3) is 0 Å². The van der Waals surface area contributed by atoms with Crippen molar-refractivity contribution in [1.29, 1.82) is 0 Å². The highest BCUT2D eigenvalue weighted by atomic mass is 16.6. The number of benzene rings is 2. The van der Waals surface area contributed by atoms with E-state index in [1.807, 2.05) is 58.0 Å². The first kappa shape index (κ1) is 27.5. The molecule has 0 saturated heterocycles. The van der Waals surface area contributed by atoms with E-state index in [4.69, 9.17) is 11.2 Å². The van der Waals surface area contributed by atoms with Gasteiger partial charge in [0.05, 0.1) is 0 Å². The predicted octanol–water partition coefficient (Wildman–Crippen LogP) is 4.93. The van der Waals surface area contributed by atoms with Gasteiger partial charge in [0.15, 0.2) is 0 Å². The minimum absolute atomic E-state index is 0.454. The molecular formula is C28H35N3O4. The smallest absolute Gasteiger partial charge is 0.408 e. The number of amides is 3. The molecule has 0 saturated carbocycles. The maximum Gasteiger partial charge on any atom is 0.408 e. The Balaban J connectivity index is 2.46. The molecule has 0 radical (unpaired) electrons. The fraction of sp³-hybridized carbons (Fsp3) is 0.393. The first-order valence-electron chi connectivity index (χ1n) is 11.5. The molecule has 0 aliphatic rings. The van der Waals surface area contributed by atoms with Gasteiger partial charge in [-0.1, -0.05) is 48.4 Å². The summed E-state index contributed by atoms with van der Waals surface area (Å²) in [4.78, 5) is 40.3. The lowest BCUT2D eigenvalue weighted by molar-refractivity contribution is -0.136. The Hall–Kier alpha value is -3.79. The SMILES string of the molecule is C#CN(C(=O)C(C)NC(=O)OC(C)(C)C)C(C(=O)Nc1c(C)cccc1C)c1ccc(C)cc1C. The van der Waals surface area contributed by atoms with Crippen molar-refractivity contribution in [3.05, 3.63) is 64.2 Å². The van der Waals surface area contributed by atoms with Gasteiger partial charge in [-0.05, 0) is 77.6 Å². The van der Waals surface area contributed by atoms with E-state index < -0.39 is 35.6 Å². The summed E-state index contributed by atoms with van der Waals surface area (Å²) < 4.78 is 5.25. The van der Waals surface area contributed by atoms with Gasteiger partial charge < -0.3 is 15.4 Å². The molecule has 2 unspecified atom stereocenters. The lowest BCUT2D eigenvalue weighted by Crippen LogP contribution is -2.49. The van der Waals surface area contributed by atoms with Crippen molar-refractivity contribution in [1.82, 2.24) is 10.2 Å². The van der Waals surface area contributed by atoms with Crippen LogP contribution in [0.1, 0.15) is 61.6 Å². The van der Waals surface area contributed by atoms with Crippen LogP contribution in [0.5, 0.6) is 0 Å². The molecule has 0 aliphatic heterocycles. The van der Waals surface area contributed by atoms with E-state index in [2.05, 4.69) is 16.7 Å². The van der Waals surface area contributed by atoms with Gasteiger partial charge in [0.2, 0.25) is 0 Å². The summed E-state index contributed by atoms with van der Waals surface area (Å²) in [7, 11) is 0. The highest BCUT2D eigenvalue weighted by molar-refractivity contribution is 6.00. The number of nitrogens with zero attached hydrogens (tertiary/aromatic N) is 1. The van der Waals surface area contributed by atoms with Crippen LogP contribution in [-0.4, -0.2) is 34.5 Å². The molecule has 7 nitrogen and oxygen atoms in total. The minimum atomic E-state index is -1.12. The quantitative estimate of drug-likeness (QED) is 0.456. The third-order valence-electron chi connectivity index (χ3n) is 5.44. The van der Waals surface area contributed by atoms with Gasteiger partial charge in [0.25, 0.3) is 11.8 Å². The number of terminal acetylenes is 1. The zero-order valence-electron chi connectivity index (χ0n) is 21.8. The Bertz CT molecular complexity index is 1140. The van der Waals surface area contributed by atoms with Gasteiger partial charge in [-0.3, -0.25) is 14.5 Å². The third kappa shape index (κ3) is 7.10. The van der Waals surface area contributed by atoms with E-state index in [9.17, 15) is 14.4 Å². The Labute approximate surface area is 208 Å². The molecule has 2 N–H and O–H groups in total. The number of aryl methyl sites for hydroxylation is 4. The van der Waals surface area contributed by atoms with Crippen LogP contribution in [0.2, 0.25) is 0 Å². The molecule has 35 heavy (non-hydrogen) atoms. The summed E-state index contributed by atoms with van der Waals surface area (Å²) in [6.45, 7) is 14.3. The van der Waals surface area contributed by atoms with Crippen LogP contribution in [0, 0.1) is 40.2 Å². The zero-order chi connectivity index (χ0) is 26.5. The second-order valence-corrected chi connectivity index (χ2v) is 9.72. The van der Waals surface area contributed by atoms with Crippen LogP contribution in [0.4, 0.5) is 10.5 Å². The molecule has 0 heterocycles. The van der Waals surface area contributed by atoms with Crippen molar-refractivity contribution in [3.63, 3.8) is 0 Å². The van der Waals surface area contributed by atoms with Crippen molar-refractivity contribution >= 4 is 23.6 Å². The summed E-state index contributed by atoms with van der Waals surface area (Å²) >= 11 is 0. The topological polar surface area (TPSA) is 87.7 Å². The molecule has 0 bridgehead atoms. The molecule has 2 aromatic rings. The highest BCUT2D eigenvalue weighted by Crippen LogP contribution is 2.29. The molecule has 0 aliphatic carbocycles. The maximum absolute atomic E-state index is 13.7. The number of hydrogen-bond acceptors (Lipinski definition) is 4. The number of ether oxygens (including phenoxy) is 1. The number of para-hydroxylation sites is 1. The first-order chi connectivity index (χ1) is 16.2. The molecule has 0 fully saturated rings. The maximum atomic E-state index is 13.7. The lowest BCUT2D eigenvalue weighted by Gasteiger charge is -2.30. The Morgan fingerprint density at radius 1 is 1.00 bits per heavy atom. The number of anilines is 1. The van der Waals surface area contributed by atoms with E-state index in [1.54, 1.807) is 26.8 Å². The molecule has 3 amide bonds. The fourth-order valence-electron chi connectivity index (χ4n) is 3.75. The number of rotatable bonds is 6. The van der Waals surface area contributed by atoms with Crippen molar-refractivity contribution in [3.8, 4) is 12.5 Å². The summed E-state index contributed by atoms with van der Waals surface area (Å²) in [6.07, 6.45) is 5.03. The zero-order valence-corrected chi connectivity index (χ0v) is 21.8. The predicted molar refractivity (Wildman–Crippen MR) is 138 cm³/mol. The van der Waals surface area contributed by atoms with Crippen LogP contribution in [-0.2, 0) is 14.3 Å². The van der Waals surface area contributed by atoms with Gasteiger partial charge in [-0.25, -0.2) is 4.79 Å².